The highest BCUT2D eigenvalue weighted by atomic mass is 32.2. The van der Waals surface area contributed by atoms with Crippen LogP contribution in [0.5, 0.6) is 0 Å². The van der Waals surface area contributed by atoms with Crippen LogP contribution in [0.2, 0.25) is 0 Å². The Morgan fingerprint density at radius 2 is 1.97 bits per heavy atom. The average molecular weight is 462 g/mol. The van der Waals surface area contributed by atoms with Crippen molar-refractivity contribution >= 4 is 39.9 Å². The predicted octanol–water partition coefficient (Wildman–Crippen LogP) is 4.22. The molecule has 0 radical (unpaired) electrons. The number of benzene rings is 1. The molecule has 0 atom stereocenters. The number of rotatable bonds is 7. The zero-order valence-electron chi connectivity index (χ0n) is 18.3. The first-order valence-corrected chi connectivity index (χ1v) is 12.3. The van der Waals surface area contributed by atoms with Crippen LogP contribution in [0.1, 0.15) is 42.9 Å². The second kappa shape index (κ2) is 9.89. The van der Waals surface area contributed by atoms with Gasteiger partial charge in [-0.15, -0.1) is 0 Å². The van der Waals surface area contributed by atoms with E-state index in [1.54, 1.807) is 18.3 Å². The minimum atomic E-state index is -0.361. The number of aromatic nitrogens is 3. The zero-order valence-corrected chi connectivity index (χ0v) is 19.2. The molecule has 2 amide bonds. The number of carbonyl (C=O) groups excluding carboxylic acids is 2. The van der Waals surface area contributed by atoms with E-state index in [1.165, 1.54) is 29.4 Å². The summed E-state index contributed by atoms with van der Waals surface area (Å²) in [6, 6.07) is 13.0. The van der Waals surface area contributed by atoms with E-state index in [1.807, 2.05) is 0 Å². The van der Waals surface area contributed by atoms with Crippen LogP contribution >= 0.6 is 11.8 Å². The topological polar surface area (TPSA) is 99.8 Å². The van der Waals surface area contributed by atoms with Crippen LogP contribution in [-0.4, -0.2) is 38.7 Å². The van der Waals surface area contributed by atoms with Crippen molar-refractivity contribution in [3.05, 3.63) is 64.7 Å². The van der Waals surface area contributed by atoms with Gasteiger partial charge in [0.2, 0.25) is 0 Å². The summed E-state index contributed by atoms with van der Waals surface area (Å²) in [5, 5.41) is 6.93. The lowest BCUT2D eigenvalue weighted by Crippen LogP contribution is -2.35. The number of thioether (sulfide) groups is 1. The van der Waals surface area contributed by atoms with Gasteiger partial charge in [0.05, 0.1) is 10.6 Å². The number of hydrogen-bond acceptors (Lipinski definition) is 6. The van der Waals surface area contributed by atoms with E-state index >= 15 is 0 Å². The summed E-state index contributed by atoms with van der Waals surface area (Å²) in [7, 11) is 0. The second-order valence-electron chi connectivity index (χ2n) is 8.76. The molecule has 7 nitrogen and oxygen atoms in total. The number of amides is 2. The lowest BCUT2D eigenvalue weighted by Gasteiger charge is -2.29. The van der Waals surface area contributed by atoms with Crippen LogP contribution in [0.3, 0.4) is 0 Å². The Balaban J connectivity index is 1.08. The maximum absolute atomic E-state index is 11.7. The maximum atomic E-state index is 11.7. The third kappa shape index (κ3) is 5.51. The van der Waals surface area contributed by atoms with E-state index in [0.717, 1.165) is 49.8 Å². The van der Waals surface area contributed by atoms with Crippen molar-refractivity contribution in [1.29, 1.82) is 0 Å². The van der Waals surface area contributed by atoms with E-state index < -0.39 is 0 Å². The number of nitrogens with zero attached hydrogens (tertiary/aromatic N) is 2. The Morgan fingerprint density at radius 1 is 1.12 bits per heavy atom. The first-order valence-electron chi connectivity index (χ1n) is 11.5. The lowest BCUT2D eigenvalue weighted by atomic mass is 9.84. The summed E-state index contributed by atoms with van der Waals surface area (Å²) in [4.78, 5) is 36.0. The number of aromatic amines is 1. The fraction of sp³-hybridized carbons (Fsp3) is 0.360. The van der Waals surface area contributed by atoms with Crippen LogP contribution in [0, 0.1) is 5.92 Å². The van der Waals surface area contributed by atoms with Crippen LogP contribution < -0.4 is 10.6 Å². The van der Waals surface area contributed by atoms with Gasteiger partial charge in [-0.05, 0) is 79.4 Å². The lowest BCUT2D eigenvalue weighted by molar-refractivity contribution is -0.115. The fourth-order valence-corrected chi connectivity index (χ4v) is 5.32. The summed E-state index contributed by atoms with van der Waals surface area (Å²) in [5.74, 6) is 1.01. The van der Waals surface area contributed by atoms with Crippen LogP contribution in [0.4, 0.5) is 4.79 Å². The first-order chi connectivity index (χ1) is 16.1. The van der Waals surface area contributed by atoms with Gasteiger partial charge in [0.25, 0.3) is 11.1 Å². The molecule has 0 bridgehead atoms. The molecule has 1 aromatic carbocycles. The monoisotopic (exact) mass is 461 g/mol. The maximum Gasteiger partial charge on any atom is 0.290 e. The van der Waals surface area contributed by atoms with Crippen molar-refractivity contribution in [2.75, 3.05) is 6.54 Å². The Bertz CT molecular complexity index is 1160. The molecule has 3 heterocycles. The summed E-state index contributed by atoms with van der Waals surface area (Å²) >= 11 is 0.908. The molecule has 2 aromatic heterocycles. The number of nitrogens with one attached hydrogen (secondary N) is 3. The molecule has 2 fully saturated rings. The second-order valence-corrected chi connectivity index (χ2v) is 9.77. The Morgan fingerprint density at radius 3 is 2.76 bits per heavy atom. The molecule has 5 rings (SSSR count). The van der Waals surface area contributed by atoms with Crippen LogP contribution in [0.25, 0.3) is 17.0 Å². The largest absolute Gasteiger partial charge is 0.358 e. The van der Waals surface area contributed by atoms with Gasteiger partial charge in [0, 0.05) is 36.4 Å². The van der Waals surface area contributed by atoms with E-state index in [0.29, 0.717) is 22.6 Å². The highest BCUT2D eigenvalue weighted by Crippen LogP contribution is 2.28. The summed E-state index contributed by atoms with van der Waals surface area (Å²) in [5.41, 5.74) is 3.15. The molecule has 0 spiro atoms. The van der Waals surface area contributed by atoms with Gasteiger partial charge in [-0.1, -0.05) is 18.2 Å². The van der Waals surface area contributed by atoms with Gasteiger partial charge >= 0.3 is 0 Å². The highest BCUT2D eigenvalue weighted by molar-refractivity contribution is 8.18. The van der Waals surface area contributed by atoms with Crippen LogP contribution in [0.15, 0.2) is 47.5 Å². The number of H-pyrrole nitrogens is 1. The SMILES string of the molecule is O=C1NC(=O)/C(=C/c2ccnc(CC3CCC(NCCc4cc5ccccc5[nH]4)CC3)n2)S1. The van der Waals surface area contributed by atoms with Crippen LogP contribution in [-0.2, 0) is 17.6 Å². The Labute approximate surface area is 196 Å². The van der Waals surface area contributed by atoms with E-state index in [2.05, 4.69) is 55.9 Å². The number of hydrogen-bond donors (Lipinski definition) is 3. The first kappa shape index (κ1) is 21.9. The molecule has 3 N–H and O–H groups in total. The summed E-state index contributed by atoms with van der Waals surface area (Å²) in [6.45, 7) is 0.982. The van der Waals surface area contributed by atoms with Gasteiger partial charge in [-0.2, -0.15) is 0 Å². The zero-order chi connectivity index (χ0) is 22.6. The summed E-state index contributed by atoms with van der Waals surface area (Å²) in [6.07, 6.45) is 9.89. The van der Waals surface area contributed by atoms with Crippen molar-refractivity contribution in [2.45, 2.75) is 44.6 Å². The number of fused-ring (bicyclic) bond motifs is 1. The third-order valence-electron chi connectivity index (χ3n) is 6.38. The molecule has 8 heteroatoms. The predicted molar refractivity (Wildman–Crippen MR) is 131 cm³/mol. The molecule has 33 heavy (non-hydrogen) atoms. The Hall–Kier alpha value is -2.97. The van der Waals surface area contributed by atoms with Crippen molar-refractivity contribution in [1.82, 2.24) is 25.6 Å². The normalized spacial score (nSPS) is 22.2. The molecule has 3 aromatic rings. The van der Waals surface area contributed by atoms with E-state index in [-0.39, 0.29) is 11.1 Å². The molecule has 1 aliphatic heterocycles. The third-order valence-corrected chi connectivity index (χ3v) is 7.19. The number of imide groups is 1. The molecule has 170 valence electrons. The molecule has 2 aliphatic rings. The molecular formula is C25H27N5O2S. The van der Waals surface area contributed by atoms with Gasteiger partial charge < -0.3 is 10.3 Å². The van der Waals surface area contributed by atoms with E-state index in [4.69, 9.17) is 0 Å². The van der Waals surface area contributed by atoms with Crippen molar-refractivity contribution in [3.63, 3.8) is 0 Å². The highest BCUT2D eigenvalue weighted by Gasteiger charge is 2.25. The standard InChI is InChI=1S/C25H27N5O2S/c31-24-22(33-25(32)30-24)15-20-10-12-27-23(29-20)13-16-5-7-18(8-6-16)26-11-9-19-14-17-3-1-2-4-21(17)28-19/h1-4,10,12,14-16,18,26,28H,5-9,11,13H2,(H,30,31,32)/b22-15-. The van der Waals surface area contributed by atoms with E-state index in [9.17, 15) is 9.59 Å². The van der Waals surface area contributed by atoms with Gasteiger partial charge in [-0.25, -0.2) is 9.97 Å². The molecule has 1 aliphatic carbocycles. The van der Waals surface area contributed by atoms with Gasteiger partial charge in [0.1, 0.15) is 5.82 Å². The minimum absolute atomic E-state index is 0.341. The number of para-hydroxylation sites is 1. The molecule has 1 saturated heterocycles. The molecular weight excluding hydrogens is 434 g/mol. The quantitative estimate of drug-likeness (QED) is 0.456. The molecule has 1 saturated carbocycles. The fourth-order valence-electron chi connectivity index (χ4n) is 4.66. The molecule has 0 unspecified atom stereocenters. The van der Waals surface area contributed by atoms with Crippen molar-refractivity contribution < 1.29 is 9.59 Å². The minimum Gasteiger partial charge on any atom is -0.358 e. The van der Waals surface area contributed by atoms with Crippen molar-refractivity contribution in [3.8, 4) is 0 Å². The Kier molecular flexibility index (Phi) is 6.55. The number of carbonyl (C=O) groups is 2. The average Bonchev–Trinajstić information content (AvgIpc) is 3.37. The van der Waals surface area contributed by atoms with Gasteiger partial charge in [-0.3, -0.25) is 14.9 Å². The van der Waals surface area contributed by atoms with Gasteiger partial charge in [0.15, 0.2) is 0 Å². The smallest absolute Gasteiger partial charge is 0.290 e. The summed E-state index contributed by atoms with van der Waals surface area (Å²) < 4.78 is 0. The van der Waals surface area contributed by atoms with Crippen molar-refractivity contribution in [2.24, 2.45) is 5.92 Å².